The lowest BCUT2D eigenvalue weighted by molar-refractivity contribution is 0.183. The largest absolute Gasteiger partial charge is 0.490 e. The van der Waals surface area contributed by atoms with Crippen molar-refractivity contribution in [2.75, 3.05) is 0 Å². The van der Waals surface area contributed by atoms with E-state index in [0.29, 0.717) is 0 Å². The van der Waals surface area contributed by atoms with Gasteiger partial charge in [0.05, 0.1) is 6.10 Å². The highest BCUT2D eigenvalue weighted by molar-refractivity contribution is 5.21. The van der Waals surface area contributed by atoms with Gasteiger partial charge in [-0.05, 0) is 31.4 Å². The first kappa shape index (κ1) is 10.5. The highest BCUT2D eigenvalue weighted by Crippen LogP contribution is 2.16. The standard InChI is InChI=1S/C14H22O/c1-3-5-7-10-13(4-2)15-14-11-8-6-9-12-14/h6,8-9,11-13H,3-5,7,10H2,1-2H3/t13-/m0/s1/i10D/t10-,13+/m1. The molecule has 0 aromatic heterocycles. The quantitative estimate of drug-likeness (QED) is 0.643. The molecule has 1 heteroatoms. The van der Waals surface area contributed by atoms with Crippen molar-refractivity contribution >= 4 is 0 Å². The molecule has 0 aliphatic carbocycles. The molecule has 0 radical (unpaired) electrons. The molecule has 0 saturated heterocycles. The normalized spacial score (nSPS) is 15.5. The van der Waals surface area contributed by atoms with Gasteiger partial charge >= 0.3 is 0 Å². The predicted octanol–water partition coefficient (Wildman–Crippen LogP) is 4.42. The van der Waals surface area contributed by atoms with Crippen molar-refractivity contribution < 1.29 is 6.11 Å². The van der Waals surface area contributed by atoms with Crippen LogP contribution in [0.4, 0.5) is 0 Å². The maximum Gasteiger partial charge on any atom is 0.119 e. The Morgan fingerprint density at radius 1 is 1.20 bits per heavy atom. The summed E-state index contributed by atoms with van der Waals surface area (Å²) in [5, 5.41) is 0. The Bertz CT molecular complexity index is 273. The highest BCUT2D eigenvalue weighted by atomic mass is 16.5. The molecule has 1 nitrogen and oxygen atoms in total. The summed E-state index contributed by atoms with van der Waals surface area (Å²) in [5.41, 5.74) is 0. The average molecular weight is 207 g/mol. The summed E-state index contributed by atoms with van der Waals surface area (Å²) in [5.74, 6) is 0.878. The van der Waals surface area contributed by atoms with Crippen LogP contribution in [0.5, 0.6) is 5.75 Å². The van der Waals surface area contributed by atoms with Crippen LogP contribution in [0.3, 0.4) is 0 Å². The third kappa shape index (κ3) is 4.87. The Hall–Kier alpha value is -0.980. The minimum Gasteiger partial charge on any atom is -0.490 e. The van der Waals surface area contributed by atoms with E-state index in [2.05, 4.69) is 13.8 Å². The number of rotatable bonds is 7. The van der Waals surface area contributed by atoms with E-state index in [9.17, 15) is 0 Å². The monoisotopic (exact) mass is 207 g/mol. The van der Waals surface area contributed by atoms with Crippen molar-refractivity contribution in [2.24, 2.45) is 0 Å². The van der Waals surface area contributed by atoms with Crippen molar-refractivity contribution in [1.82, 2.24) is 0 Å². The molecule has 0 amide bonds. The van der Waals surface area contributed by atoms with Crippen LogP contribution in [0.1, 0.15) is 47.3 Å². The maximum atomic E-state index is 8.06. The molecule has 0 heterocycles. The number of unbranched alkanes of at least 4 members (excludes halogenated alkanes) is 1. The third-order valence-corrected chi connectivity index (χ3v) is 2.42. The van der Waals surface area contributed by atoms with Crippen molar-refractivity contribution in [3.05, 3.63) is 30.3 Å². The van der Waals surface area contributed by atoms with E-state index in [1.54, 1.807) is 0 Å². The number of hydrogen-bond donors (Lipinski definition) is 0. The molecule has 0 saturated carbocycles. The number of ether oxygens (including phenoxy) is 1. The minimum absolute atomic E-state index is 0.0222. The second-order valence-corrected chi connectivity index (χ2v) is 3.76. The van der Waals surface area contributed by atoms with Crippen LogP contribution in [0.25, 0.3) is 0 Å². The lowest BCUT2D eigenvalue weighted by Crippen LogP contribution is -2.14. The number of para-hydroxylation sites is 1. The summed E-state index contributed by atoms with van der Waals surface area (Å²) in [4.78, 5) is 0. The second-order valence-electron chi connectivity index (χ2n) is 3.76. The van der Waals surface area contributed by atoms with Gasteiger partial charge in [-0.15, -0.1) is 0 Å². The Morgan fingerprint density at radius 3 is 2.53 bits per heavy atom. The van der Waals surface area contributed by atoms with Gasteiger partial charge in [0, 0.05) is 1.37 Å². The molecule has 0 spiro atoms. The van der Waals surface area contributed by atoms with Gasteiger partial charge in [-0.2, -0.15) is 0 Å². The van der Waals surface area contributed by atoms with Gasteiger partial charge in [0.2, 0.25) is 0 Å². The molecule has 15 heavy (non-hydrogen) atoms. The summed E-state index contributed by atoms with van der Waals surface area (Å²) in [7, 11) is 0. The predicted molar refractivity (Wildman–Crippen MR) is 65.3 cm³/mol. The first-order valence-corrected chi connectivity index (χ1v) is 5.91. The first-order chi connectivity index (χ1) is 7.77. The Kier molecular flexibility index (Phi) is 5.15. The van der Waals surface area contributed by atoms with Crippen molar-refractivity contribution in [2.45, 2.75) is 52.0 Å². The van der Waals surface area contributed by atoms with Crippen LogP contribution in [-0.4, -0.2) is 6.10 Å². The van der Waals surface area contributed by atoms with Gasteiger partial charge in [0.25, 0.3) is 0 Å². The molecular weight excluding hydrogens is 184 g/mol. The Balaban J connectivity index is 2.48. The van der Waals surface area contributed by atoms with E-state index in [4.69, 9.17) is 6.11 Å². The molecule has 84 valence electrons. The summed E-state index contributed by atoms with van der Waals surface area (Å²) >= 11 is 0. The molecular formula is C14H22O. The minimum atomic E-state index is -0.106. The van der Waals surface area contributed by atoms with E-state index in [-0.39, 0.29) is 12.5 Å². The molecule has 0 fully saturated rings. The van der Waals surface area contributed by atoms with Crippen LogP contribution < -0.4 is 4.74 Å². The van der Waals surface area contributed by atoms with Crippen LogP contribution in [0.2, 0.25) is 0 Å². The Labute approximate surface area is 94.9 Å². The summed E-state index contributed by atoms with van der Waals surface area (Å²) < 4.78 is 13.9. The van der Waals surface area contributed by atoms with Crippen LogP contribution in [-0.2, 0) is 0 Å². The molecule has 1 aromatic rings. The van der Waals surface area contributed by atoms with Gasteiger partial charge in [0.1, 0.15) is 5.75 Å². The second kappa shape index (κ2) is 7.33. The van der Waals surface area contributed by atoms with Gasteiger partial charge in [-0.3, -0.25) is 0 Å². The molecule has 1 rings (SSSR count). The van der Waals surface area contributed by atoms with Gasteiger partial charge in [-0.25, -0.2) is 0 Å². The van der Waals surface area contributed by atoms with Crippen molar-refractivity contribution in [3.8, 4) is 5.75 Å². The zero-order chi connectivity index (χ0) is 11.8. The van der Waals surface area contributed by atoms with Crippen LogP contribution >= 0.6 is 0 Å². The summed E-state index contributed by atoms with van der Waals surface area (Å²) in [6, 6.07) is 9.81. The fourth-order valence-corrected chi connectivity index (χ4v) is 1.48. The molecule has 0 unspecified atom stereocenters. The molecule has 0 aliphatic rings. The maximum absolute atomic E-state index is 8.06. The molecule has 1 aromatic carbocycles. The lowest BCUT2D eigenvalue weighted by Gasteiger charge is -2.17. The topological polar surface area (TPSA) is 9.23 Å². The van der Waals surface area contributed by atoms with Crippen molar-refractivity contribution in [1.29, 1.82) is 0 Å². The number of benzene rings is 1. The fraction of sp³-hybridized carbons (Fsp3) is 0.571. The van der Waals surface area contributed by atoms with E-state index in [1.165, 1.54) is 0 Å². The van der Waals surface area contributed by atoms with Crippen molar-refractivity contribution in [3.63, 3.8) is 0 Å². The van der Waals surface area contributed by atoms with E-state index in [1.807, 2.05) is 30.3 Å². The molecule has 0 bridgehead atoms. The zero-order valence-electron chi connectivity index (χ0n) is 10.8. The Morgan fingerprint density at radius 2 is 1.93 bits per heavy atom. The average Bonchev–Trinajstić information content (AvgIpc) is 2.34. The molecule has 2 atom stereocenters. The lowest BCUT2D eigenvalue weighted by atomic mass is 10.1. The highest BCUT2D eigenvalue weighted by Gasteiger charge is 2.06. The number of hydrogen-bond acceptors (Lipinski definition) is 1. The zero-order valence-corrected chi connectivity index (χ0v) is 9.78. The molecule has 0 aliphatic heterocycles. The van der Waals surface area contributed by atoms with E-state index in [0.717, 1.165) is 31.4 Å². The third-order valence-electron chi connectivity index (χ3n) is 2.42. The van der Waals surface area contributed by atoms with Gasteiger partial charge < -0.3 is 4.74 Å². The van der Waals surface area contributed by atoms with Gasteiger partial charge in [-0.1, -0.05) is 44.9 Å². The van der Waals surface area contributed by atoms with E-state index >= 15 is 0 Å². The molecule has 0 N–H and O–H groups in total. The summed E-state index contributed by atoms with van der Waals surface area (Å²) in [6.45, 7) is 4.24. The van der Waals surface area contributed by atoms with Crippen LogP contribution in [0.15, 0.2) is 30.3 Å². The summed E-state index contributed by atoms with van der Waals surface area (Å²) in [6.07, 6.45) is 4.01. The fourth-order valence-electron chi connectivity index (χ4n) is 1.48. The van der Waals surface area contributed by atoms with Crippen LogP contribution in [0, 0.1) is 0 Å². The van der Waals surface area contributed by atoms with E-state index < -0.39 is 0 Å². The smallest absolute Gasteiger partial charge is 0.119 e. The van der Waals surface area contributed by atoms with Gasteiger partial charge in [0.15, 0.2) is 0 Å². The first-order valence-electron chi connectivity index (χ1n) is 6.49. The SMILES string of the molecule is [2H][C@H](CCCC)[C@H](CC)Oc1ccccc1.